The molecule has 7 nitrogen and oxygen atoms in total. The van der Waals surface area contributed by atoms with E-state index in [1.165, 1.54) is 18.5 Å². The molecular formula is C23H18ClF3N6O. The molecule has 0 spiro atoms. The molecular weight excluding hydrogens is 469 g/mol. The first-order valence-corrected chi connectivity index (χ1v) is 10.4. The fraction of sp³-hybridized carbons (Fsp3) is 0.130. The van der Waals surface area contributed by atoms with Crippen LogP contribution in [-0.2, 0) is 0 Å². The average molecular weight is 487 g/mol. The molecule has 11 heteroatoms. The smallest absolute Gasteiger partial charge is 0.250 e. The van der Waals surface area contributed by atoms with Crippen LogP contribution >= 0.6 is 11.6 Å². The number of para-hydroxylation sites is 1. The van der Waals surface area contributed by atoms with Gasteiger partial charge in [0.25, 0.3) is 5.91 Å². The number of nitrogens with zero attached hydrogens (tertiary/aromatic N) is 4. The van der Waals surface area contributed by atoms with E-state index in [4.69, 9.17) is 17.3 Å². The van der Waals surface area contributed by atoms with Crippen molar-refractivity contribution in [2.45, 2.75) is 19.9 Å². The van der Waals surface area contributed by atoms with Gasteiger partial charge in [-0.05, 0) is 43.7 Å². The van der Waals surface area contributed by atoms with E-state index in [1.807, 2.05) is 6.92 Å². The normalized spacial score (nSPS) is 11.9. The summed E-state index contributed by atoms with van der Waals surface area (Å²) in [6, 6.07) is 10.8. The maximum atomic E-state index is 15.1. The number of benzene rings is 2. The van der Waals surface area contributed by atoms with E-state index in [9.17, 15) is 13.6 Å². The number of halogens is 4. The molecule has 34 heavy (non-hydrogen) atoms. The Morgan fingerprint density at radius 2 is 1.91 bits per heavy atom. The molecule has 2 aromatic carbocycles. The number of hydrogen-bond acceptors (Lipinski definition) is 6. The highest BCUT2D eigenvalue weighted by atomic mass is 35.5. The fourth-order valence-corrected chi connectivity index (χ4v) is 3.70. The lowest BCUT2D eigenvalue weighted by molar-refractivity contribution is 0.100. The first-order chi connectivity index (χ1) is 16.2. The van der Waals surface area contributed by atoms with E-state index in [2.05, 4.69) is 20.3 Å². The number of aromatic nitrogens is 3. The minimum absolute atomic E-state index is 0.0172. The van der Waals surface area contributed by atoms with Crippen molar-refractivity contribution in [2.24, 2.45) is 5.73 Å². The quantitative estimate of drug-likeness (QED) is 0.273. The Bertz CT molecular complexity index is 1420. The molecule has 0 unspecified atom stereocenters. The summed E-state index contributed by atoms with van der Waals surface area (Å²) in [5.41, 5.74) is 6.28. The first kappa shape index (κ1) is 23.2. The van der Waals surface area contributed by atoms with Crippen LogP contribution in [0.5, 0.6) is 0 Å². The lowest BCUT2D eigenvalue weighted by Crippen LogP contribution is -2.14. The van der Waals surface area contributed by atoms with Crippen molar-refractivity contribution in [1.82, 2.24) is 15.0 Å². The van der Waals surface area contributed by atoms with Crippen LogP contribution in [0.3, 0.4) is 0 Å². The van der Waals surface area contributed by atoms with Gasteiger partial charge in [0.15, 0.2) is 11.6 Å². The van der Waals surface area contributed by atoms with E-state index in [1.54, 1.807) is 30.3 Å². The number of nitrogens with two attached hydrogens (primary N) is 1. The molecule has 0 radical (unpaired) electrons. The van der Waals surface area contributed by atoms with Gasteiger partial charge in [0.05, 0.1) is 22.8 Å². The van der Waals surface area contributed by atoms with Gasteiger partial charge in [-0.25, -0.2) is 14.4 Å². The van der Waals surface area contributed by atoms with Crippen molar-refractivity contribution in [2.75, 3.05) is 10.4 Å². The van der Waals surface area contributed by atoms with Gasteiger partial charge in [-0.3, -0.25) is 4.79 Å². The highest BCUT2D eigenvalue weighted by Gasteiger charge is 2.23. The van der Waals surface area contributed by atoms with Crippen molar-refractivity contribution >= 4 is 45.7 Å². The number of rotatable bonds is 6. The molecule has 0 saturated heterocycles. The molecule has 0 fully saturated rings. The van der Waals surface area contributed by atoms with Gasteiger partial charge in [-0.15, -0.1) is 0 Å². The summed E-state index contributed by atoms with van der Waals surface area (Å²) in [6.07, 6.45) is 1.30. The second kappa shape index (κ2) is 9.14. The minimum atomic E-state index is -1.16. The molecule has 2 aromatic heterocycles. The lowest BCUT2D eigenvalue weighted by atomic mass is 10.1. The monoisotopic (exact) mass is 486 g/mol. The highest BCUT2D eigenvalue weighted by Crippen LogP contribution is 2.35. The second-order valence-electron chi connectivity index (χ2n) is 7.51. The van der Waals surface area contributed by atoms with Crippen LogP contribution < -0.4 is 16.2 Å². The third-order valence-electron chi connectivity index (χ3n) is 5.30. The van der Waals surface area contributed by atoms with E-state index in [-0.39, 0.29) is 16.4 Å². The molecule has 174 valence electrons. The number of anilines is 3. The van der Waals surface area contributed by atoms with Crippen LogP contribution in [0, 0.1) is 18.7 Å². The standard InChI is InChI=1S/C23H18ClF3N6O/c1-11-18(25)17(24)23(32-20(11)26)33(27)14-6-3-5-13(9-14)12(2)31-22-16-8-4-7-15(21(28)34)19(16)29-10-30-22/h3-10,12H,1-2H3,(H2,28,34)(H,29,30,31)/t12-/m1/s1. The van der Waals surface area contributed by atoms with Gasteiger partial charge in [-0.2, -0.15) is 14.5 Å². The van der Waals surface area contributed by atoms with Crippen LogP contribution in [0.2, 0.25) is 5.02 Å². The summed E-state index contributed by atoms with van der Waals surface area (Å²) >= 11 is 5.87. The molecule has 4 rings (SSSR count). The molecule has 0 saturated carbocycles. The van der Waals surface area contributed by atoms with Crippen molar-refractivity contribution < 1.29 is 18.1 Å². The van der Waals surface area contributed by atoms with Gasteiger partial charge in [-0.1, -0.05) is 34.3 Å². The zero-order valence-corrected chi connectivity index (χ0v) is 18.7. The number of pyridine rings is 1. The third kappa shape index (κ3) is 4.19. The van der Waals surface area contributed by atoms with Crippen molar-refractivity contribution in [1.29, 1.82) is 0 Å². The predicted octanol–water partition coefficient (Wildman–Crippen LogP) is 5.56. The van der Waals surface area contributed by atoms with Crippen LogP contribution in [0.4, 0.5) is 30.6 Å². The molecule has 0 bridgehead atoms. The molecule has 0 aliphatic heterocycles. The van der Waals surface area contributed by atoms with Gasteiger partial charge < -0.3 is 11.1 Å². The molecule has 1 atom stereocenters. The van der Waals surface area contributed by atoms with Gasteiger partial charge >= 0.3 is 0 Å². The number of carbonyl (C=O) groups excluding carboxylic acids is 1. The molecule has 2 heterocycles. The van der Waals surface area contributed by atoms with Crippen molar-refractivity contribution in [3.05, 3.63) is 82.3 Å². The fourth-order valence-electron chi connectivity index (χ4n) is 3.44. The average Bonchev–Trinajstić information content (AvgIpc) is 2.84. The van der Waals surface area contributed by atoms with E-state index in [0.29, 0.717) is 22.3 Å². The van der Waals surface area contributed by atoms with Gasteiger partial charge in [0.1, 0.15) is 17.2 Å². The van der Waals surface area contributed by atoms with E-state index in [0.717, 1.165) is 6.92 Å². The number of fused-ring (bicyclic) bond motifs is 1. The first-order valence-electron chi connectivity index (χ1n) is 10.1. The summed E-state index contributed by atoms with van der Waals surface area (Å²) in [4.78, 5) is 23.6. The maximum absolute atomic E-state index is 15.1. The van der Waals surface area contributed by atoms with Crippen LogP contribution in [0.1, 0.15) is 34.5 Å². The van der Waals surface area contributed by atoms with Crippen LogP contribution in [0.25, 0.3) is 10.9 Å². The number of hydrogen-bond donors (Lipinski definition) is 2. The second-order valence-corrected chi connectivity index (χ2v) is 7.89. The zero-order valence-electron chi connectivity index (χ0n) is 18.0. The summed E-state index contributed by atoms with van der Waals surface area (Å²) in [5, 5.41) is 3.17. The van der Waals surface area contributed by atoms with E-state index >= 15 is 4.48 Å². The largest absolute Gasteiger partial charge is 0.366 e. The summed E-state index contributed by atoms with van der Waals surface area (Å²) < 4.78 is 43.1. The predicted molar refractivity (Wildman–Crippen MR) is 124 cm³/mol. The Labute approximate surface area is 197 Å². The maximum Gasteiger partial charge on any atom is 0.250 e. The highest BCUT2D eigenvalue weighted by molar-refractivity contribution is 6.33. The topological polar surface area (TPSA) is 97.0 Å². The number of amides is 1. The van der Waals surface area contributed by atoms with Crippen LogP contribution in [-0.4, -0.2) is 20.9 Å². The number of nitrogens with one attached hydrogen (secondary N) is 1. The Balaban J connectivity index is 1.66. The van der Waals surface area contributed by atoms with Crippen molar-refractivity contribution in [3.8, 4) is 0 Å². The Hall–Kier alpha value is -3.92. The molecule has 3 N–H and O–H groups in total. The molecule has 1 amide bonds. The number of primary amides is 1. The van der Waals surface area contributed by atoms with Crippen molar-refractivity contribution in [3.63, 3.8) is 0 Å². The molecule has 4 aromatic rings. The lowest BCUT2D eigenvalue weighted by Gasteiger charge is -2.20. The molecule has 0 aliphatic rings. The third-order valence-corrected chi connectivity index (χ3v) is 5.63. The summed E-state index contributed by atoms with van der Waals surface area (Å²) in [7, 11) is 0. The van der Waals surface area contributed by atoms with Gasteiger partial charge in [0.2, 0.25) is 5.95 Å². The van der Waals surface area contributed by atoms with Gasteiger partial charge in [0, 0.05) is 10.9 Å². The minimum Gasteiger partial charge on any atom is -0.366 e. The SMILES string of the molecule is Cc1c(F)nc(N(F)c2cccc([C@@H](C)Nc3ncnc4c(C(N)=O)cccc34)c2)c(Cl)c1F. The zero-order chi connectivity index (χ0) is 24.6. The van der Waals surface area contributed by atoms with Crippen LogP contribution in [0.15, 0.2) is 48.8 Å². The summed E-state index contributed by atoms with van der Waals surface area (Å²) in [6.45, 7) is 2.97. The molecule has 0 aliphatic carbocycles. The Kier molecular flexibility index (Phi) is 6.25. The Morgan fingerprint density at radius 3 is 2.65 bits per heavy atom. The number of carbonyl (C=O) groups is 1. The Morgan fingerprint density at radius 1 is 1.18 bits per heavy atom. The summed E-state index contributed by atoms with van der Waals surface area (Å²) in [5.74, 6) is -3.10. The van der Waals surface area contributed by atoms with E-state index < -0.39 is 40.1 Å².